The van der Waals surface area contributed by atoms with Crippen molar-refractivity contribution in [1.29, 1.82) is 0 Å². The number of aliphatic hydroxyl groups is 1. The molecule has 0 spiro atoms. The molecule has 0 aromatic carbocycles. The fourth-order valence-corrected chi connectivity index (χ4v) is 3.03. The Kier molecular flexibility index (Phi) is 4.00. The third-order valence-electron chi connectivity index (χ3n) is 3.70. The second-order valence-corrected chi connectivity index (χ2v) is 4.86. The maximum atomic E-state index is 9.66. The van der Waals surface area contributed by atoms with Crippen molar-refractivity contribution in [1.82, 2.24) is 4.90 Å². The molecule has 2 aliphatic heterocycles. The molecule has 88 valence electrons. The molecule has 2 atom stereocenters. The summed E-state index contributed by atoms with van der Waals surface area (Å²) in [4.78, 5) is 2.56. The fraction of sp³-hybridized carbons (Fsp3) is 1.00. The van der Waals surface area contributed by atoms with E-state index in [1.54, 1.807) is 0 Å². The molecule has 1 N–H and O–H groups in total. The van der Waals surface area contributed by atoms with Crippen LogP contribution in [0.5, 0.6) is 0 Å². The average Bonchev–Trinajstić information content (AvgIpc) is 2.46. The van der Waals surface area contributed by atoms with E-state index in [0.29, 0.717) is 12.1 Å². The van der Waals surface area contributed by atoms with Crippen LogP contribution in [0.2, 0.25) is 0 Å². The molecule has 2 bridgehead atoms. The van der Waals surface area contributed by atoms with Gasteiger partial charge in [0, 0.05) is 25.2 Å². The highest BCUT2D eigenvalue weighted by atomic mass is 16.5. The summed E-state index contributed by atoms with van der Waals surface area (Å²) in [6, 6.07) is 1.26. The lowest BCUT2D eigenvalue weighted by atomic mass is 10.0. The first-order valence-corrected chi connectivity index (χ1v) is 6.32. The van der Waals surface area contributed by atoms with Crippen LogP contribution in [-0.4, -0.2) is 48.0 Å². The summed E-state index contributed by atoms with van der Waals surface area (Å²) < 4.78 is 5.53. The van der Waals surface area contributed by atoms with E-state index in [0.717, 1.165) is 39.0 Å². The minimum atomic E-state index is -0.0460. The van der Waals surface area contributed by atoms with Crippen LogP contribution in [0.1, 0.15) is 39.0 Å². The van der Waals surface area contributed by atoms with Gasteiger partial charge in [-0.15, -0.1) is 0 Å². The van der Waals surface area contributed by atoms with Crippen molar-refractivity contribution >= 4 is 0 Å². The molecule has 0 aromatic heterocycles. The molecule has 0 saturated carbocycles. The van der Waals surface area contributed by atoms with Gasteiger partial charge in [0.05, 0.1) is 12.7 Å². The highest BCUT2D eigenvalue weighted by Crippen LogP contribution is 2.35. The zero-order chi connectivity index (χ0) is 10.7. The summed E-state index contributed by atoms with van der Waals surface area (Å²) in [6.07, 6.45) is 5.56. The van der Waals surface area contributed by atoms with E-state index in [2.05, 4.69) is 11.8 Å². The second kappa shape index (κ2) is 5.28. The molecule has 0 aliphatic carbocycles. The molecule has 3 heteroatoms. The molecular formula is C12H23NO2. The minimum absolute atomic E-state index is 0.0460. The Bertz CT molecular complexity index is 184. The number of nitrogens with zero attached hydrogens (tertiary/aromatic N) is 1. The number of piperidine rings is 1. The number of hydrogen-bond donors (Lipinski definition) is 1. The van der Waals surface area contributed by atoms with Gasteiger partial charge in [0.25, 0.3) is 0 Å². The van der Waals surface area contributed by atoms with Crippen LogP contribution in [0.15, 0.2) is 0 Å². The molecule has 3 nitrogen and oxygen atoms in total. The zero-order valence-corrected chi connectivity index (χ0v) is 9.69. The number of hydrogen-bond acceptors (Lipinski definition) is 3. The first-order chi connectivity index (χ1) is 7.31. The summed E-state index contributed by atoms with van der Waals surface area (Å²) in [5, 5.41) is 9.66. The summed E-state index contributed by atoms with van der Waals surface area (Å²) in [5.74, 6) is 0. The molecule has 0 amide bonds. The van der Waals surface area contributed by atoms with E-state index >= 15 is 0 Å². The highest BCUT2D eigenvalue weighted by molar-refractivity contribution is 4.94. The highest BCUT2D eigenvalue weighted by Gasteiger charge is 2.39. The summed E-state index contributed by atoms with van der Waals surface area (Å²) in [7, 11) is 0. The van der Waals surface area contributed by atoms with Gasteiger partial charge in [-0.25, -0.2) is 0 Å². The van der Waals surface area contributed by atoms with Crippen molar-refractivity contribution in [3.63, 3.8) is 0 Å². The van der Waals surface area contributed by atoms with Gasteiger partial charge in [-0.05, 0) is 32.1 Å². The third kappa shape index (κ3) is 2.71. The average molecular weight is 213 g/mol. The zero-order valence-electron chi connectivity index (χ0n) is 9.69. The van der Waals surface area contributed by atoms with Crippen molar-refractivity contribution in [3.05, 3.63) is 0 Å². The van der Waals surface area contributed by atoms with Gasteiger partial charge in [0.2, 0.25) is 0 Å². The van der Waals surface area contributed by atoms with Crippen molar-refractivity contribution in [2.75, 3.05) is 19.8 Å². The summed E-state index contributed by atoms with van der Waals surface area (Å²) in [5.41, 5.74) is 0. The van der Waals surface area contributed by atoms with Crippen LogP contribution in [0.25, 0.3) is 0 Å². The lowest BCUT2D eigenvalue weighted by molar-refractivity contribution is 0.0155. The van der Waals surface area contributed by atoms with E-state index in [1.165, 1.54) is 12.8 Å². The molecule has 2 unspecified atom stereocenters. The standard InChI is InChI=1S/C12H23NO2/c1-2-6-15-7-5-13-10-3-4-11(13)9-12(14)8-10/h10-12,14H,2-9H2,1H3. The first kappa shape index (κ1) is 11.4. The van der Waals surface area contributed by atoms with Gasteiger partial charge in [0.15, 0.2) is 0 Å². The maximum absolute atomic E-state index is 9.66. The van der Waals surface area contributed by atoms with Gasteiger partial charge in [0.1, 0.15) is 0 Å². The molecule has 2 aliphatic rings. The SMILES string of the molecule is CCCOCCN1C2CCC1CC(O)C2. The lowest BCUT2D eigenvalue weighted by Crippen LogP contribution is -2.46. The normalized spacial score (nSPS) is 36.0. The van der Waals surface area contributed by atoms with Crippen molar-refractivity contribution in [2.24, 2.45) is 0 Å². The molecule has 2 fully saturated rings. The molecule has 15 heavy (non-hydrogen) atoms. The maximum Gasteiger partial charge on any atom is 0.0593 e. The molecule has 2 heterocycles. The smallest absolute Gasteiger partial charge is 0.0593 e. The Morgan fingerprint density at radius 2 is 1.87 bits per heavy atom. The van der Waals surface area contributed by atoms with Crippen molar-refractivity contribution in [2.45, 2.75) is 57.2 Å². The Balaban J connectivity index is 1.74. The van der Waals surface area contributed by atoms with Crippen molar-refractivity contribution in [3.8, 4) is 0 Å². The molecule has 0 aromatic rings. The van der Waals surface area contributed by atoms with E-state index in [-0.39, 0.29) is 6.10 Å². The predicted octanol–water partition coefficient (Wildman–Crippen LogP) is 1.40. The van der Waals surface area contributed by atoms with E-state index in [4.69, 9.17) is 4.74 Å². The molecule has 2 saturated heterocycles. The number of rotatable bonds is 5. The Hall–Kier alpha value is -0.120. The number of ether oxygens (including phenoxy) is 1. The van der Waals surface area contributed by atoms with Crippen LogP contribution in [0.3, 0.4) is 0 Å². The Morgan fingerprint density at radius 3 is 2.47 bits per heavy atom. The van der Waals surface area contributed by atoms with E-state index in [1.807, 2.05) is 0 Å². The van der Waals surface area contributed by atoms with Crippen LogP contribution in [0, 0.1) is 0 Å². The van der Waals surface area contributed by atoms with Crippen molar-refractivity contribution < 1.29 is 9.84 Å². The van der Waals surface area contributed by atoms with Crippen LogP contribution < -0.4 is 0 Å². The minimum Gasteiger partial charge on any atom is -0.393 e. The lowest BCUT2D eigenvalue weighted by Gasteiger charge is -2.36. The monoisotopic (exact) mass is 213 g/mol. The topological polar surface area (TPSA) is 32.7 Å². The van der Waals surface area contributed by atoms with Gasteiger partial charge in [-0.2, -0.15) is 0 Å². The second-order valence-electron chi connectivity index (χ2n) is 4.86. The largest absolute Gasteiger partial charge is 0.393 e. The van der Waals surface area contributed by atoms with E-state index in [9.17, 15) is 5.11 Å². The van der Waals surface area contributed by atoms with Gasteiger partial charge in [-0.1, -0.05) is 6.92 Å². The molecule has 0 radical (unpaired) electrons. The van der Waals surface area contributed by atoms with Crippen LogP contribution in [0.4, 0.5) is 0 Å². The van der Waals surface area contributed by atoms with Crippen LogP contribution in [-0.2, 0) is 4.74 Å². The van der Waals surface area contributed by atoms with E-state index < -0.39 is 0 Å². The Morgan fingerprint density at radius 1 is 1.20 bits per heavy atom. The van der Waals surface area contributed by atoms with Gasteiger partial charge >= 0.3 is 0 Å². The van der Waals surface area contributed by atoms with Gasteiger partial charge in [-0.3, -0.25) is 4.90 Å². The van der Waals surface area contributed by atoms with Crippen LogP contribution >= 0.6 is 0 Å². The fourth-order valence-electron chi connectivity index (χ4n) is 3.03. The predicted molar refractivity (Wildman–Crippen MR) is 59.9 cm³/mol. The first-order valence-electron chi connectivity index (χ1n) is 6.32. The third-order valence-corrected chi connectivity index (χ3v) is 3.70. The molecular weight excluding hydrogens is 190 g/mol. The quantitative estimate of drug-likeness (QED) is 0.701. The number of fused-ring (bicyclic) bond motifs is 2. The summed E-state index contributed by atoms with van der Waals surface area (Å²) >= 11 is 0. The number of aliphatic hydroxyl groups excluding tert-OH is 1. The molecule has 2 rings (SSSR count). The Labute approximate surface area is 92.4 Å². The summed E-state index contributed by atoms with van der Waals surface area (Å²) in [6.45, 7) is 4.94. The van der Waals surface area contributed by atoms with Gasteiger partial charge < -0.3 is 9.84 Å².